The Labute approximate surface area is 143 Å². The molecule has 0 bridgehead atoms. The zero-order chi connectivity index (χ0) is 16.9. The van der Waals surface area contributed by atoms with Crippen LogP contribution in [0.2, 0.25) is 0 Å². The Morgan fingerprint density at radius 3 is 3.00 bits per heavy atom. The number of rotatable bonds is 6. The second-order valence-corrected chi connectivity index (χ2v) is 6.50. The smallest absolute Gasteiger partial charge is 0.226 e. The van der Waals surface area contributed by atoms with Gasteiger partial charge in [0.05, 0.1) is 17.1 Å². The summed E-state index contributed by atoms with van der Waals surface area (Å²) in [6.07, 6.45) is 5.00. The van der Waals surface area contributed by atoms with Crippen molar-refractivity contribution in [3.63, 3.8) is 0 Å². The van der Waals surface area contributed by atoms with Crippen molar-refractivity contribution in [2.24, 2.45) is 0 Å². The molecule has 0 aliphatic carbocycles. The van der Waals surface area contributed by atoms with Crippen molar-refractivity contribution in [2.75, 3.05) is 0 Å². The van der Waals surface area contributed by atoms with Gasteiger partial charge in [-0.1, -0.05) is 19.9 Å². The monoisotopic (exact) mass is 342 g/mol. The van der Waals surface area contributed by atoms with Crippen LogP contribution in [0.4, 0.5) is 0 Å². The molecule has 0 saturated heterocycles. The van der Waals surface area contributed by atoms with Gasteiger partial charge in [-0.25, -0.2) is 19.6 Å². The zero-order valence-corrected chi connectivity index (χ0v) is 14.3. The fraction of sp³-hybridized carbons (Fsp3) is 0.312. The summed E-state index contributed by atoms with van der Waals surface area (Å²) in [6.45, 7) is 4.57. The lowest BCUT2D eigenvalue weighted by Gasteiger charge is -2.09. The van der Waals surface area contributed by atoms with Gasteiger partial charge in [-0.2, -0.15) is 5.10 Å². The van der Waals surface area contributed by atoms with Crippen LogP contribution in [-0.4, -0.2) is 30.6 Å². The predicted molar refractivity (Wildman–Crippen MR) is 90.9 cm³/mol. The molecular weight excluding hydrogens is 324 g/mol. The van der Waals surface area contributed by atoms with E-state index in [1.54, 1.807) is 28.5 Å². The van der Waals surface area contributed by atoms with E-state index >= 15 is 0 Å². The van der Waals surface area contributed by atoms with Crippen molar-refractivity contribution in [1.29, 1.82) is 0 Å². The van der Waals surface area contributed by atoms with Crippen molar-refractivity contribution < 1.29 is 4.79 Å². The number of nitrogens with one attached hydrogen (secondary N) is 1. The molecule has 0 aliphatic rings. The summed E-state index contributed by atoms with van der Waals surface area (Å²) in [6, 6.07) is 3.74. The molecule has 0 atom stereocenters. The molecule has 0 fully saturated rings. The Morgan fingerprint density at radius 1 is 1.42 bits per heavy atom. The molecule has 0 spiro atoms. The number of carbonyl (C=O) groups is 1. The van der Waals surface area contributed by atoms with E-state index in [1.165, 1.54) is 6.33 Å². The van der Waals surface area contributed by atoms with E-state index in [0.29, 0.717) is 18.3 Å². The van der Waals surface area contributed by atoms with E-state index in [1.807, 2.05) is 17.5 Å². The largest absolute Gasteiger partial charge is 0.352 e. The number of hydrogen-bond acceptors (Lipinski definition) is 6. The first-order valence-corrected chi connectivity index (χ1v) is 8.51. The van der Waals surface area contributed by atoms with Crippen LogP contribution < -0.4 is 5.32 Å². The van der Waals surface area contributed by atoms with E-state index in [-0.39, 0.29) is 12.3 Å². The highest BCUT2D eigenvalue weighted by molar-refractivity contribution is 7.09. The number of nitrogens with zero attached hydrogens (tertiary/aromatic N) is 5. The van der Waals surface area contributed by atoms with E-state index in [2.05, 4.69) is 39.2 Å². The number of pyridine rings is 1. The van der Waals surface area contributed by atoms with Crippen molar-refractivity contribution in [2.45, 2.75) is 32.7 Å². The fourth-order valence-electron chi connectivity index (χ4n) is 2.18. The van der Waals surface area contributed by atoms with Gasteiger partial charge in [0, 0.05) is 29.6 Å². The topological polar surface area (TPSA) is 85.6 Å². The van der Waals surface area contributed by atoms with Gasteiger partial charge in [-0.05, 0) is 6.07 Å². The summed E-state index contributed by atoms with van der Waals surface area (Å²) < 4.78 is 1.58. The molecule has 7 nitrogen and oxygen atoms in total. The second-order valence-electron chi connectivity index (χ2n) is 5.61. The maximum absolute atomic E-state index is 12.2. The molecule has 0 radical (unpaired) electrons. The quantitative estimate of drug-likeness (QED) is 0.741. The maximum Gasteiger partial charge on any atom is 0.226 e. The van der Waals surface area contributed by atoms with Crippen LogP contribution in [0.1, 0.15) is 36.0 Å². The third-order valence-electron chi connectivity index (χ3n) is 3.38. The van der Waals surface area contributed by atoms with Crippen LogP contribution in [0.5, 0.6) is 0 Å². The highest BCUT2D eigenvalue weighted by Crippen LogP contribution is 2.19. The van der Waals surface area contributed by atoms with E-state index in [4.69, 9.17) is 0 Å². The molecule has 0 unspecified atom stereocenters. The summed E-state index contributed by atoms with van der Waals surface area (Å²) in [5, 5.41) is 9.99. The predicted octanol–water partition coefficient (Wildman–Crippen LogP) is 2.10. The Kier molecular flexibility index (Phi) is 4.95. The normalized spacial score (nSPS) is 11.0. The third kappa shape index (κ3) is 3.83. The van der Waals surface area contributed by atoms with Gasteiger partial charge in [-0.15, -0.1) is 11.3 Å². The summed E-state index contributed by atoms with van der Waals surface area (Å²) >= 11 is 1.60. The number of thiazole rings is 1. The van der Waals surface area contributed by atoms with Gasteiger partial charge < -0.3 is 5.32 Å². The van der Waals surface area contributed by atoms with Crippen molar-refractivity contribution in [3.05, 3.63) is 52.6 Å². The summed E-state index contributed by atoms with van der Waals surface area (Å²) in [4.78, 5) is 24.9. The van der Waals surface area contributed by atoms with Crippen LogP contribution in [0.3, 0.4) is 0 Å². The van der Waals surface area contributed by atoms with Gasteiger partial charge in [0.2, 0.25) is 5.91 Å². The van der Waals surface area contributed by atoms with Gasteiger partial charge in [-0.3, -0.25) is 4.79 Å². The molecule has 8 heteroatoms. The van der Waals surface area contributed by atoms with Crippen LogP contribution in [0.15, 0.2) is 36.4 Å². The molecule has 3 heterocycles. The Morgan fingerprint density at radius 2 is 2.29 bits per heavy atom. The highest BCUT2D eigenvalue weighted by atomic mass is 32.1. The molecule has 0 aromatic carbocycles. The number of carbonyl (C=O) groups excluding carboxylic acids is 1. The van der Waals surface area contributed by atoms with Crippen LogP contribution >= 0.6 is 11.3 Å². The lowest BCUT2D eigenvalue weighted by molar-refractivity contribution is -0.120. The van der Waals surface area contributed by atoms with Crippen molar-refractivity contribution >= 4 is 17.2 Å². The lowest BCUT2D eigenvalue weighted by Crippen LogP contribution is -2.25. The minimum Gasteiger partial charge on any atom is -0.352 e. The van der Waals surface area contributed by atoms with E-state index < -0.39 is 0 Å². The van der Waals surface area contributed by atoms with Crippen molar-refractivity contribution in [1.82, 2.24) is 30.0 Å². The molecule has 24 heavy (non-hydrogen) atoms. The fourth-order valence-corrected chi connectivity index (χ4v) is 3.02. The van der Waals surface area contributed by atoms with Crippen LogP contribution in [-0.2, 0) is 17.8 Å². The van der Waals surface area contributed by atoms with Gasteiger partial charge >= 0.3 is 0 Å². The molecule has 1 amide bonds. The first kappa shape index (κ1) is 16.3. The maximum atomic E-state index is 12.2. The Hall–Kier alpha value is -2.61. The van der Waals surface area contributed by atoms with Gasteiger partial charge in [0.25, 0.3) is 0 Å². The molecule has 1 N–H and O–H groups in total. The SMILES string of the molecule is CC(C)c1nc(CC(=O)NCc2cccnc2-n2cncn2)cs1. The second kappa shape index (κ2) is 7.31. The average Bonchev–Trinajstić information content (AvgIpc) is 3.25. The molecular formula is C16H18N6OS. The molecule has 0 saturated carbocycles. The summed E-state index contributed by atoms with van der Waals surface area (Å²) in [5.74, 6) is 0.975. The zero-order valence-electron chi connectivity index (χ0n) is 13.5. The summed E-state index contributed by atoms with van der Waals surface area (Å²) in [5.41, 5.74) is 1.68. The molecule has 0 aliphatic heterocycles. The highest BCUT2D eigenvalue weighted by Gasteiger charge is 2.11. The van der Waals surface area contributed by atoms with Crippen molar-refractivity contribution in [3.8, 4) is 5.82 Å². The van der Waals surface area contributed by atoms with Gasteiger partial charge in [0.15, 0.2) is 5.82 Å². The van der Waals surface area contributed by atoms with E-state index in [9.17, 15) is 4.79 Å². The first-order chi connectivity index (χ1) is 11.6. The number of aromatic nitrogens is 5. The van der Waals surface area contributed by atoms with Crippen LogP contribution in [0, 0.1) is 0 Å². The Bertz CT molecular complexity index is 812. The number of hydrogen-bond donors (Lipinski definition) is 1. The number of amides is 1. The minimum atomic E-state index is -0.0657. The molecule has 124 valence electrons. The Balaban J connectivity index is 1.62. The molecule has 3 aromatic heterocycles. The lowest BCUT2D eigenvalue weighted by atomic mass is 10.2. The molecule has 3 rings (SSSR count). The van der Waals surface area contributed by atoms with Gasteiger partial charge in [0.1, 0.15) is 12.7 Å². The third-order valence-corrected chi connectivity index (χ3v) is 4.58. The van der Waals surface area contributed by atoms with E-state index in [0.717, 1.165) is 16.3 Å². The first-order valence-electron chi connectivity index (χ1n) is 7.63. The average molecular weight is 342 g/mol. The van der Waals surface area contributed by atoms with Crippen LogP contribution in [0.25, 0.3) is 5.82 Å². The summed E-state index contributed by atoms with van der Waals surface area (Å²) in [7, 11) is 0. The minimum absolute atomic E-state index is 0.0657. The standard InChI is InChI=1S/C16H18N6OS/c1-11(2)16-21-13(8-24-16)6-14(23)19-7-12-4-3-5-18-15(12)22-10-17-9-20-22/h3-5,8-11H,6-7H2,1-2H3,(H,19,23). The molecule has 3 aromatic rings.